The number of halogens is 2. The molecule has 4 rings (SSSR count). The zero-order valence-corrected chi connectivity index (χ0v) is 15.9. The fourth-order valence-electron chi connectivity index (χ4n) is 2.98. The van der Waals surface area contributed by atoms with Crippen molar-refractivity contribution in [2.45, 2.75) is 13.1 Å². The zero-order chi connectivity index (χ0) is 20.4. The molecule has 0 radical (unpaired) electrons. The van der Waals surface area contributed by atoms with Crippen molar-refractivity contribution in [1.82, 2.24) is 9.55 Å². The summed E-state index contributed by atoms with van der Waals surface area (Å²) in [4.78, 5) is 32.3. The molecule has 0 N–H and O–H groups in total. The Morgan fingerprint density at radius 2 is 1.83 bits per heavy atom. The van der Waals surface area contributed by atoms with Crippen LogP contribution in [0.25, 0.3) is 10.9 Å². The zero-order valence-electron chi connectivity index (χ0n) is 15.1. The van der Waals surface area contributed by atoms with Gasteiger partial charge in [-0.05, 0) is 53.9 Å². The first-order chi connectivity index (χ1) is 14.0. The van der Waals surface area contributed by atoms with E-state index in [4.69, 9.17) is 0 Å². The van der Waals surface area contributed by atoms with Crippen LogP contribution in [0.4, 0.5) is 14.5 Å². The standard InChI is InChI=1S/C21H15F2N3O2S/c22-14-3-6-16(7-4-14)26(11-17-2-1-9-29-17)20(27)12-25-13-24-19-8-5-15(23)10-18(19)21(25)28/h1-10,13H,11-12H2. The van der Waals surface area contributed by atoms with Gasteiger partial charge < -0.3 is 4.90 Å². The third-order valence-electron chi connectivity index (χ3n) is 4.43. The van der Waals surface area contributed by atoms with Gasteiger partial charge in [-0.2, -0.15) is 0 Å². The van der Waals surface area contributed by atoms with Crippen molar-refractivity contribution in [1.29, 1.82) is 0 Å². The highest BCUT2D eigenvalue weighted by Gasteiger charge is 2.19. The minimum Gasteiger partial charge on any atom is -0.306 e. The van der Waals surface area contributed by atoms with E-state index in [9.17, 15) is 18.4 Å². The molecule has 0 saturated carbocycles. The second-order valence-electron chi connectivity index (χ2n) is 6.37. The fourth-order valence-corrected chi connectivity index (χ4v) is 3.67. The number of fused-ring (bicyclic) bond motifs is 1. The monoisotopic (exact) mass is 411 g/mol. The van der Waals surface area contributed by atoms with Gasteiger partial charge in [0.2, 0.25) is 5.91 Å². The number of aromatic nitrogens is 2. The second-order valence-corrected chi connectivity index (χ2v) is 7.41. The number of carbonyl (C=O) groups is 1. The molecular weight excluding hydrogens is 396 g/mol. The molecule has 4 aromatic rings. The number of hydrogen-bond donors (Lipinski definition) is 0. The van der Waals surface area contributed by atoms with Gasteiger partial charge in [0.25, 0.3) is 5.56 Å². The van der Waals surface area contributed by atoms with Crippen LogP contribution in [0.2, 0.25) is 0 Å². The minimum atomic E-state index is -0.550. The van der Waals surface area contributed by atoms with Crippen LogP contribution < -0.4 is 10.5 Å². The van der Waals surface area contributed by atoms with E-state index in [1.807, 2.05) is 17.5 Å². The maximum absolute atomic E-state index is 13.5. The number of carbonyl (C=O) groups excluding carboxylic acids is 1. The number of benzene rings is 2. The molecule has 8 heteroatoms. The first-order valence-electron chi connectivity index (χ1n) is 8.74. The van der Waals surface area contributed by atoms with Crippen LogP contribution in [0.5, 0.6) is 0 Å². The highest BCUT2D eigenvalue weighted by molar-refractivity contribution is 7.09. The Morgan fingerprint density at radius 3 is 2.55 bits per heavy atom. The minimum absolute atomic E-state index is 0.104. The van der Waals surface area contributed by atoms with Gasteiger partial charge in [0.15, 0.2) is 0 Å². The summed E-state index contributed by atoms with van der Waals surface area (Å²) in [5.74, 6) is -1.33. The van der Waals surface area contributed by atoms with Crippen molar-refractivity contribution in [3.8, 4) is 0 Å². The number of amides is 1. The molecule has 0 aliphatic rings. The molecular formula is C21H15F2N3O2S. The van der Waals surface area contributed by atoms with Crippen LogP contribution in [-0.4, -0.2) is 15.5 Å². The highest BCUT2D eigenvalue weighted by Crippen LogP contribution is 2.21. The lowest BCUT2D eigenvalue weighted by molar-refractivity contribution is -0.119. The third-order valence-corrected chi connectivity index (χ3v) is 5.29. The van der Waals surface area contributed by atoms with Crippen LogP contribution in [0.15, 0.2) is 71.1 Å². The largest absolute Gasteiger partial charge is 0.306 e. The maximum Gasteiger partial charge on any atom is 0.261 e. The normalized spacial score (nSPS) is 11.0. The molecule has 146 valence electrons. The van der Waals surface area contributed by atoms with Gasteiger partial charge in [0, 0.05) is 10.6 Å². The lowest BCUT2D eigenvalue weighted by Gasteiger charge is -2.23. The Bertz CT molecular complexity index is 1220. The quantitative estimate of drug-likeness (QED) is 0.499. The molecule has 0 spiro atoms. The lowest BCUT2D eigenvalue weighted by atomic mass is 10.2. The fraction of sp³-hybridized carbons (Fsp3) is 0.0952. The number of rotatable bonds is 5. The maximum atomic E-state index is 13.5. The van der Waals surface area contributed by atoms with Crippen LogP contribution >= 0.6 is 11.3 Å². The van der Waals surface area contributed by atoms with E-state index in [-0.39, 0.29) is 24.4 Å². The SMILES string of the molecule is O=C(Cn1cnc2ccc(F)cc2c1=O)N(Cc1cccs1)c1ccc(F)cc1. The summed E-state index contributed by atoms with van der Waals surface area (Å²) < 4.78 is 28.0. The molecule has 0 unspecified atom stereocenters. The van der Waals surface area contributed by atoms with Gasteiger partial charge in [-0.3, -0.25) is 14.2 Å². The summed E-state index contributed by atoms with van der Waals surface area (Å²) in [6, 6.07) is 13.1. The molecule has 2 aromatic heterocycles. The van der Waals surface area contributed by atoms with Crippen molar-refractivity contribution < 1.29 is 13.6 Å². The van der Waals surface area contributed by atoms with Crippen molar-refractivity contribution >= 4 is 33.8 Å². The molecule has 29 heavy (non-hydrogen) atoms. The van der Waals surface area contributed by atoms with E-state index in [0.717, 1.165) is 15.5 Å². The van der Waals surface area contributed by atoms with Crippen LogP contribution in [0.3, 0.4) is 0 Å². The predicted molar refractivity (Wildman–Crippen MR) is 108 cm³/mol. The van der Waals surface area contributed by atoms with Crippen molar-refractivity contribution in [2.75, 3.05) is 4.90 Å². The smallest absolute Gasteiger partial charge is 0.261 e. The van der Waals surface area contributed by atoms with Gasteiger partial charge >= 0.3 is 0 Å². The van der Waals surface area contributed by atoms with Crippen LogP contribution in [-0.2, 0) is 17.9 Å². The summed E-state index contributed by atoms with van der Waals surface area (Å²) in [5.41, 5.74) is 0.366. The summed E-state index contributed by atoms with van der Waals surface area (Å²) in [7, 11) is 0. The summed E-state index contributed by atoms with van der Waals surface area (Å²) >= 11 is 1.49. The molecule has 0 aliphatic carbocycles. The first kappa shape index (κ1) is 18.9. The average molecular weight is 411 g/mol. The highest BCUT2D eigenvalue weighted by atomic mass is 32.1. The molecule has 2 heterocycles. The van der Waals surface area contributed by atoms with E-state index in [1.165, 1.54) is 59.0 Å². The Hall–Kier alpha value is -3.39. The predicted octanol–water partition coefficient (Wildman–Crippen LogP) is 3.97. The summed E-state index contributed by atoms with van der Waals surface area (Å²) in [6.45, 7) is 0.00750. The van der Waals surface area contributed by atoms with E-state index < -0.39 is 17.2 Å². The Labute approximate surface area is 168 Å². The number of anilines is 1. The number of thiophene rings is 1. The molecule has 1 amide bonds. The number of hydrogen-bond acceptors (Lipinski definition) is 4. The molecule has 0 atom stereocenters. The third kappa shape index (κ3) is 4.07. The average Bonchev–Trinajstić information content (AvgIpc) is 3.23. The second kappa shape index (κ2) is 7.92. The molecule has 0 bridgehead atoms. The molecule has 2 aromatic carbocycles. The van der Waals surface area contributed by atoms with Crippen molar-refractivity contribution in [3.63, 3.8) is 0 Å². The van der Waals surface area contributed by atoms with Gasteiger partial charge in [0.05, 0.1) is 23.8 Å². The van der Waals surface area contributed by atoms with Crippen molar-refractivity contribution in [2.24, 2.45) is 0 Å². The molecule has 0 saturated heterocycles. The van der Waals surface area contributed by atoms with E-state index in [0.29, 0.717) is 11.2 Å². The lowest BCUT2D eigenvalue weighted by Crippen LogP contribution is -2.36. The molecule has 0 aliphatic heterocycles. The van der Waals surface area contributed by atoms with Gasteiger partial charge in [-0.1, -0.05) is 6.07 Å². The molecule has 0 fully saturated rings. The van der Waals surface area contributed by atoms with Gasteiger partial charge in [0.1, 0.15) is 18.2 Å². The summed E-state index contributed by atoms with van der Waals surface area (Å²) in [5, 5.41) is 2.00. The Kier molecular flexibility index (Phi) is 5.18. The Morgan fingerprint density at radius 1 is 1.07 bits per heavy atom. The van der Waals surface area contributed by atoms with Crippen LogP contribution in [0, 0.1) is 11.6 Å². The molecule has 5 nitrogen and oxygen atoms in total. The number of nitrogens with zero attached hydrogens (tertiary/aromatic N) is 3. The van der Waals surface area contributed by atoms with Crippen LogP contribution in [0.1, 0.15) is 4.88 Å². The van der Waals surface area contributed by atoms with E-state index in [2.05, 4.69) is 4.98 Å². The van der Waals surface area contributed by atoms with E-state index in [1.54, 1.807) is 0 Å². The van der Waals surface area contributed by atoms with Crippen molar-refractivity contribution in [3.05, 3.63) is 93.2 Å². The topological polar surface area (TPSA) is 55.2 Å². The van der Waals surface area contributed by atoms with Gasteiger partial charge in [-0.15, -0.1) is 11.3 Å². The first-order valence-corrected chi connectivity index (χ1v) is 9.62. The van der Waals surface area contributed by atoms with Gasteiger partial charge in [-0.25, -0.2) is 13.8 Å². The Balaban J connectivity index is 1.67. The van der Waals surface area contributed by atoms with E-state index >= 15 is 0 Å². The summed E-state index contributed by atoms with van der Waals surface area (Å²) in [6.07, 6.45) is 1.27.